The summed E-state index contributed by atoms with van der Waals surface area (Å²) in [5.74, 6) is 3.49. The summed E-state index contributed by atoms with van der Waals surface area (Å²) in [6, 6.07) is 0. The third-order valence-corrected chi connectivity index (χ3v) is 8.96. The van der Waals surface area contributed by atoms with Crippen LogP contribution in [0.15, 0.2) is 36.5 Å². The van der Waals surface area contributed by atoms with Crippen molar-refractivity contribution < 1.29 is 14.3 Å². The van der Waals surface area contributed by atoms with Crippen LogP contribution in [0.3, 0.4) is 0 Å². The fraction of sp³-hybridized carbons (Fsp3) is 0.708. The summed E-state index contributed by atoms with van der Waals surface area (Å²) in [7, 11) is 1.73. The van der Waals surface area contributed by atoms with Gasteiger partial charge in [0.1, 0.15) is 0 Å². The van der Waals surface area contributed by atoms with Crippen LogP contribution in [0.1, 0.15) is 51.9 Å². The maximum Gasteiger partial charge on any atom is 0.177 e. The van der Waals surface area contributed by atoms with Gasteiger partial charge in [-0.05, 0) is 80.3 Å². The normalized spacial score (nSPS) is 50.9. The minimum absolute atomic E-state index is 0.159. The number of allylic oxidation sites excluding steroid dienone is 2. The molecule has 146 valence electrons. The lowest BCUT2D eigenvalue weighted by atomic mass is 9.48. The van der Waals surface area contributed by atoms with Gasteiger partial charge in [0.05, 0.1) is 5.60 Å². The summed E-state index contributed by atoms with van der Waals surface area (Å²) < 4.78 is 12.0. The monoisotopic (exact) mass is 368 g/mol. The molecule has 5 rings (SSSR count). The number of carbonyl (C=O) groups excluding carboxylic acids is 1. The molecule has 0 aromatic carbocycles. The third kappa shape index (κ3) is 2.37. The number of ketones is 1. The van der Waals surface area contributed by atoms with Crippen LogP contribution in [-0.4, -0.2) is 24.8 Å². The van der Waals surface area contributed by atoms with Crippen molar-refractivity contribution in [2.45, 2.75) is 63.8 Å². The Balaban J connectivity index is 1.50. The molecule has 0 saturated heterocycles. The number of hydrogen-bond donors (Lipinski definition) is 0. The highest BCUT2D eigenvalue weighted by molar-refractivity contribution is 5.91. The number of rotatable bonds is 2. The molecule has 0 radical (unpaired) electrons. The van der Waals surface area contributed by atoms with Crippen molar-refractivity contribution in [3.63, 3.8) is 0 Å². The van der Waals surface area contributed by atoms with Gasteiger partial charge in [0.2, 0.25) is 0 Å². The fourth-order valence-electron chi connectivity index (χ4n) is 7.68. The molecule has 4 unspecified atom stereocenters. The minimum atomic E-state index is -0.196. The lowest BCUT2D eigenvalue weighted by molar-refractivity contribution is -0.192. The van der Waals surface area contributed by atoms with E-state index in [1.54, 1.807) is 7.11 Å². The number of hydrogen-bond acceptors (Lipinski definition) is 3. The van der Waals surface area contributed by atoms with E-state index in [-0.39, 0.29) is 17.3 Å². The Morgan fingerprint density at radius 2 is 2.15 bits per heavy atom. The zero-order valence-electron chi connectivity index (χ0n) is 16.7. The van der Waals surface area contributed by atoms with E-state index < -0.39 is 0 Å². The lowest BCUT2D eigenvalue weighted by Crippen LogP contribution is -2.54. The molecule has 1 aliphatic heterocycles. The van der Waals surface area contributed by atoms with Gasteiger partial charge < -0.3 is 9.47 Å². The second kappa shape index (κ2) is 6.15. The van der Waals surface area contributed by atoms with Gasteiger partial charge in [-0.1, -0.05) is 24.6 Å². The molecule has 27 heavy (non-hydrogen) atoms. The Bertz CT molecular complexity index is 721. The van der Waals surface area contributed by atoms with Crippen LogP contribution in [0.5, 0.6) is 0 Å². The zero-order chi connectivity index (χ0) is 18.8. The molecular weight excluding hydrogens is 336 g/mol. The van der Waals surface area contributed by atoms with Gasteiger partial charge in [-0.2, -0.15) is 0 Å². The summed E-state index contributed by atoms with van der Waals surface area (Å²) in [6.45, 7) is 6.68. The van der Waals surface area contributed by atoms with Gasteiger partial charge in [-0.15, -0.1) is 6.58 Å². The highest BCUT2D eigenvalue weighted by atomic mass is 16.7. The molecule has 3 heteroatoms. The van der Waals surface area contributed by atoms with Crippen molar-refractivity contribution >= 4 is 5.78 Å². The maximum atomic E-state index is 12.0. The fourth-order valence-corrected chi connectivity index (χ4v) is 7.68. The Kier molecular flexibility index (Phi) is 4.07. The predicted molar refractivity (Wildman–Crippen MR) is 105 cm³/mol. The summed E-state index contributed by atoms with van der Waals surface area (Å²) >= 11 is 0. The number of fused-ring (bicyclic) bond motifs is 6. The van der Waals surface area contributed by atoms with E-state index in [4.69, 9.17) is 9.47 Å². The smallest absolute Gasteiger partial charge is 0.177 e. The standard InChI is InChI=1S/C24H32O3/c1-4-15-13-16-14-17(25)5-6-18(16)19-7-10-23(2)20(22(15)19)8-11-24(23)12-9-21(26-3)27-24/h4,9,12,14-15,18-22H,1,5-8,10-11,13H2,2-3H3/t15-,18-,19?,20?,21?,22?,23-,24+/m0/s1. The van der Waals surface area contributed by atoms with Gasteiger partial charge in [0, 0.05) is 18.9 Å². The molecule has 3 nitrogen and oxygen atoms in total. The van der Waals surface area contributed by atoms with E-state index in [9.17, 15) is 4.79 Å². The van der Waals surface area contributed by atoms with Gasteiger partial charge in [-0.3, -0.25) is 4.79 Å². The predicted octanol–water partition coefficient (Wildman–Crippen LogP) is 4.84. The van der Waals surface area contributed by atoms with Gasteiger partial charge in [0.15, 0.2) is 12.1 Å². The summed E-state index contributed by atoms with van der Waals surface area (Å²) in [5, 5.41) is 0. The van der Waals surface area contributed by atoms with E-state index in [1.165, 1.54) is 24.8 Å². The van der Waals surface area contributed by atoms with E-state index in [2.05, 4.69) is 31.7 Å². The molecule has 8 atom stereocenters. The largest absolute Gasteiger partial charge is 0.352 e. The highest BCUT2D eigenvalue weighted by Crippen LogP contribution is 2.68. The molecule has 3 fully saturated rings. The summed E-state index contributed by atoms with van der Waals surface area (Å²) in [5.41, 5.74) is 1.43. The van der Waals surface area contributed by atoms with Crippen LogP contribution >= 0.6 is 0 Å². The molecule has 0 aromatic rings. The lowest BCUT2D eigenvalue weighted by Gasteiger charge is -2.57. The first-order chi connectivity index (χ1) is 13.0. The van der Waals surface area contributed by atoms with Gasteiger partial charge in [0.25, 0.3) is 0 Å². The first-order valence-electron chi connectivity index (χ1n) is 10.8. The Morgan fingerprint density at radius 1 is 1.30 bits per heavy atom. The molecular formula is C24H32O3. The van der Waals surface area contributed by atoms with E-state index in [0.29, 0.717) is 35.4 Å². The maximum absolute atomic E-state index is 12.0. The van der Waals surface area contributed by atoms with Crippen molar-refractivity contribution in [2.75, 3.05) is 7.11 Å². The average Bonchev–Trinajstić information content (AvgIpc) is 3.23. The molecule has 0 N–H and O–H groups in total. The molecule has 1 heterocycles. The Morgan fingerprint density at radius 3 is 2.89 bits per heavy atom. The average molecular weight is 369 g/mol. The van der Waals surface area contributed by atoms with Gasteiger partial charge in [-0.25, -0.2) is 0 Å². The van der Waals surface area contributed by atoms with Crippen LogP contribution in [0, 0.1) is 35.0 Å². The van der Waals surface area contributed by atoms with Crippen molar-refractivity contribution in [3.05, 3.63) is 36.5 Å². The molecule has 5 aliphatic rings. The van der Waals surface area contributed by atoms with Crippen LogP contribution in [0.2, 0.25) is 0 Å². The first-order valence-corrected chi connectivity index (χ1v) is 10.8. The van der Waals surface area contributed by atoms with Crippen LogP contribution in [0.25, 0.3) is 0 Å². The third-order valence-electron chi connectivity index (χ3n) is 8.96. The highest BCUT2D eigenvalue weighted by Gasteiger charge is 2.65. The van der Waals surface area contributed by atoms with Crippen LogP contribution < -0.4 is 0 Å². The van der Waals surface area contributed by atoms with Crippen LogP contribution in [0.4, 0.5) is 0 Å². The van der Waals surface area contributed by atoms with E-state index in [1.807, 2.05) is 6.08 Å². The Hall–Kier alpha value is -1.19. The molecule has 0 amide bonds. The van der Waals surface area contributed by atoms with Crippen LogP contribution in [-0.2, 0) is 14.3 Å². The summed E-state index contributed by atoms with van der Waals surface area (Å²) in [6.07, 6.45) is 16.0. The quantitative estimate of drug-likeness (QED) is 0.655. The second-order valence-electron chi connectivity index (χ2n) is 9.75. The topological polar surface area (TPSA) is 35.5 Å². The molecule has 1 spiro atoms. The van der Waals surface area contributed by atoms with Crippen molar-refractivity contribution in [1.29, 1.82) is 0 Å². The summed E-state index contributed by atoms with van der Waals surface area (Å²) in [4.78, 5) is 12.0. The minimum Gasteiger partial charge on any atom is -0.352 e. The molecule has 3 saturated carbocycles. The van der Waals surface area contributed by atoms with Crippen molar-refractivity contribution in [2.24, 2.45) is 35.0 Å². The second-order valence-corrected chi connectivity index (χ2v) is 9.75. The first kappa shape index (κ1) is 17.9. The van der Waals surface area contributed by atoms with E-state index in [0.717, 1.165) is 25.7 Å². The molecule has 4 aliphatic carbocycles. The van der Waals surface area contributed by atoms with Gasteiger partial charge >= 0.3 is 0 Å². The number of ether oxygens (including phenoxy) is 2. The Labute approximate surface area is 162 Å². The van der Waals surface area contributed by atoms with Crippen molar-refractivity contribution in [3.8, 4) is 0 Å². The molecule has 0 bridgehead atoms. The number of methoxy groups -OCH3 is 1. The number of carbonyl (C=O) groups is 1. The van der Waals surface area contributed by atoms with Crippen molar-refractivity contribution in [1.82, 2.24) is 0 Å². The SMILES string of the molecule is C=C[C@H]1CC2=CC(=O)CC[C@@H]2C2CC[C@@]3(C)C(CC[C@@]34C=CC(OC)O4)C21. The van der Waals surface area contributed by atoms with E-state index >= 15 is 0 Å². The molecule has 0 aromatic heterocycles. The zero-order valence-corrected chi connectivity index (χ0v) is 16.7.